The summed E-state index contributed by atoms with van der Waals surface area (Å²) in [5, 5.41) is 3.03. The molecule has 0 spiro atoms. The maximum atomic E-state index is 12.6. The number of carbonyl (C=O) groups excluding carboxylic acids is 1. The first kappa shape index (κ1) is 19.5. The number of amides is 1. The van der Waals surface area contributed by atoms with Gasteiger partial charge in [-0.1, -0.05) is 20.4 Å². The van der Waals surface area contributed by atoms with Crippen molar-refractivity contribution in [2.75, 3.05) is 13.1 Å². The van der Waals surface area contributed by atoms with E-state index in [4.69, 9.17) is 5.73 Å². The van der Waals surface area contributed by atoms with Gasteiger partial charge in [0.1, 0.15) is 0 Å². The standard InChI is InChI=1S/C17H25IN4O/c1-5-22(7-6-19)11-15-9-14(18)8-13(4)20-10-16(12(2)3)17(23)21-15/h5-9,12,16H,1,10-11,19H2,2-4H3,(H,21,23)/b7-6-,14-8+,15-9-,20-13?. The van der Waals surface area contributed by atoms with Gasteiger partial charge in [-0.2, -0.15) is 0 Å². The highest BCUT2D eigenvalue weighted by Crippen LogP contribution is 2.17. The van der Waals surface area contributed by atoms with Crippen molar-refractivity contribution < 1.29 is 4.79 Å². The molecule has 3 N–H and O–H groups in total. The number of nitrogens with one attached hydrogen (secondary N) is 1. The zero-order valence-corrected chi connectivity index (χ0v) is 16.1. The molecule has 1 unspecified atom stereocenters. The number of carbonyl (C=O) groups is 1. The molecule has 0 aromatic rings. The monoisotopic (exact) mass is 428 g/mol. The van der Waals surface area contributed by atoms with Crippen molar-refractivity contribution in [2.45, 2.75) is 20.8 Å². The average molecular weight is 428 g/mol. The first-order chi connectivity index (χ1) is 10.9. The van der Waals surface area contributed by atoms with Gasteiger partial charge in [-0.05, 0) is 53.8 Å². The maximum absolute atomic E-state index is 12.6. The summed E-state index contributed by atoms with van der Waals surface area (Å²) >= 11 is 2.23. The van der Waals surface area contributed by atoms with Crippen LogP contribution >= 0.6 is 22.6 Å². The highest BCUT2D eigenvalue weighted by molar-refractivity contribution is 14.1. The van der Waals surface area contributed by atoms with Gasteiger partial charge < -0.3 is 16.0 Å². The molecule has 0 radical (unpaired) electrons. The fraction of sp³-hybridized carbons (Fsp3) is 0.412. The van der Waals surface area contributed by atoms with Crippen LogP contribution in [0, 0.1) is 11.8 Å². The molecule has 126 valence electrons. The third-order valence-electron chi connectivity index (χ3n) is 3.49. The van der Waals surface area contributed by atoms with Crippen molar-refractivity contribution in [1.29, 1.82) is 0 Å². The van der Waals surface area contributed by atoms with E-state index in [2.05, 4.69) is 39.5 Å². The number of hydrogen-bond acceptors (Lipinski definition) is 4. The summed E-state index contributed by atoms with van der Waals surface area (Å²) in [7, 11) is 0. The lowest BCUT2D eigenvalue weighted by Crippen LogP contribution is -2.37. The molecule has 23 heavy (non-hydrogen) atoms. The molecule has 6 heteroatoms. The van der Waals surface area contributed by atoms with Crippen molar-refractivity contribution in [3.05, 3.63) is 46.6 Å². The number of halogens is 1. The number of nitrogens with two attached hydrogens (primary N) is 1. The third kappa shape index (κ3) is 6.60. The van der Waals surface area contributed by atoms with Crippen LogP contribution < -0.4 is 11.1 Å². The normalized spacial score (nSPS) is 24.3. The second-order valence-electron chi connectivity index (χ2n) is 5.72. The minimum absolute atomic E-state index is 0.00496. The molecule has 0 aromatic carbocycles. The summed E-state index contributed by atoms with van der Waals surface area (Å²) < 4.78 is 1.00. The summed E-state index contributed by atoms with van der Waals surface area (Å²) in [6.45, 7) is 10.8. The van der Waals surface area contributed by atoms with Gasteiger partial charge in [0.2, 0.25) is 5.91 Å². The van der Waals surface area contributed by atoms with E-state index in [-0.39, 0.29) is 17.7 Å². The Morgan fingerprint density at radius 1 is 1.57 bits per heavy atom. The van der Waals surface area contributed by atoms with Crippen molar-refractivity contribution in [2.24, 2.45) is 22.6 Å². The molecular formula is C17H25IN4O. The molecule has 1 heterocycles. The molecule has 0 aliphatic carbocycles. The molecule has 1 aliphatic heterocycles. The van der Waals surface area contributed by atoms with Crippen LogP contribution in [-0.4, -0.2) is 29.6 Å². The lowest BCUT2D eigenvalue weighted by Gasteiger charge is -2.23. The Bertz CT molecular complexity index is 561. The van der Waals surface area contributed by atoms with Gasteiger partial charge in [0.25, 0.3) is 0 Å². The van der Waals surface area contributed by atoms with Gasteiger partial charge >= 0.3 is 0 Å². The second kappa shape index (κ2) is 9.54. The zero-order chi connectivity index (χ0) is 17.4. The highest BCUT2D eigenvalue weighted by atomic mass is 127. The van der Waals surface area contributed by atoms with Crippen LogP contribution in [0.5, 0.6) is 0 Å². The summed E-state index contributed by atoms with van der Waals surface area (Å²) in [6.07, 6.45) is 8.77. The Morgan fingerprint density at radius 2 is 2.26 bits per heavy atom. The fourth-order valence-electron chi connectivity index (χ4n) is 2.15. The predicted octanol–water partition coefficient (Wildman–Crippen LogP) is 2.93. The lowest BCUT2D eigenvalue weighted by molar-refractivity contribution is -0.125. The van der Waals surface area contributed by atoms with Gasteiger partial charge in [0.05, 0.1) is 19.0 Å². The van der Waals surface area contributed by atoms with Crippen molar-refractivity contribution in [3.63, 3.8) is 0 Å². The largest absolute Gasteiger partial charge is 0.403 e. The van der Waals surface area contributed by atoms with E-state index in [0.29, 0.717) is 13.1 Å². The topological polar surface area (TPSA) is 70.7 Å². The summed E-state index contributed by atoms with van der Waals surface area (Å²) in [5.41, 5.74) is 7.16. The summed E-state index contributed by atoms with van der Waals surface area (Å²) in [4.78, 5) is 18.9. The molecule has 1 rings (SSSR count). The minimum Gasteiger partial charge on any atom is -0.403 e. The van der Waals surface area contributed by atoms with E-state index < -0.39 is 0 Å². The Kier molecular flexibility index (Phi) is 8.08. The van der Waals surface area contributed by atoms with Crippen LogP contribution in [0.25, 0.3) is 0 Å². The summed E-state index contributed by atoms with van der Waals surface area (Å²) in [6, 6.07) is 0. The van der Waals surface area contributed by atoms with Gasteiger partial charge in [-0.3, -0.25) is 9.79 Å². The Balaban J connectivity index is 3.15. The van der Waals surface area contributed by atoms with E-state index in [0.717, 1.165) is 15.0 Å². The van der Waals surface area contributed by atoms with Crippen molar-refractivity contribution in [3.8, 4) is 0 Å². The molecule has 1 aliphatic rings. The van der Waals surface area contributed by atoms with Crippen LogP contribution in [0.4, 0.5) is 0 Å². The van der Waals surface area contributed by atoms with Crippen molar-refractivity contribution in [1.82, 2.24) is 10.2 Å². The Hall–Kier alpha value is -1.57. The van der Waals surface area contributed by atoms with Crippen LogP contribution in [0.3, 0.4) is 0 Å². The SMILES string of the molecule is C=CN(/C=C\N)C/C1=C/C(I)=C\C(C)=NCC(C(C)C)C(=O)N1. The van der Waals surface area contributed by atoms with Gasteiger partial charge in [0, 0.05) is 27.4 Å². The Labute approximate surface area is 152 Å². The second-order valence-corrected chi connectivity index (χ2v) is 6.96. The number of allylic oxidation sites excluding steroid dienone is 3. The van der Waals surface area contributed by atoms with Crippen LogP contribution in [-0.2, 0) is 4.79 Å². The molecule has 1 amide bonds. The average Bonchev–Trinajstić information content (AvgIpc) is 2.45. The first-order valence-electron chi connectivity index (χ1n) is 7.53. The molecule has 0 saturated carbocycles. The molecule has 0 fully saturated rings. The zero-order valence-electron chi connectivity index (χ0n) is 13.9. The van der Waals surface area contributed by atoms with Gasteiger partial charge in [-0.25, -0.2) is 0 Å². The predicted molar refractivity (Wildman–Crippen MR) is 105 cm³/mol. The minimum atomic E-state index is -0.153. The number of hydrogen-bond donors (Lipinski definition) is 2. The molecule has 0 aromatic heterocycles. The number of nitrogens with zero attached hydrogens (tertiary/aromatic N) is 2. The molecule has 1 atom stereocenters. The lowest BCUT2D eigenvalue weighted by atomic mass is 9.94. The number of aliphatic imine (C=N–C) groups is 1. The van der Waals surface area contributed by atoms with Crippen molar-refractivity contribution >= 4 is 34.2 Å². The van der Waals surface area contributed by atoms with E-state index in [1.165, 1.54) is 6.20 Å². The number of rotatable bonds is 5. The van der Waals surface area contributed by atoms with E-state index in [1.807, 2.05) is 37.8 Å². The molecule has 0 saturated heterocycles. The van der Waals surface area contributed by atoms with Crippen LogP contribution in [0.15, 0.2) is 51.6 Å². The van der Waals surface area contributed by atoms with Crippen LogP contribution in [0.2, 0.25) is 0 Å². The van der Waals surface area contributed by atoms with E-state index in [1.54, 1.807) is 12.4 Å². The van der Waals surface area contributed by atoms with E-state index in [9.17, 15) is 4.79 Å². The quantitative estimate of drug-likeness (QED) is 0.662. The Morgan fingerprint density at radius 3 is 2.83 bits per heavy atom. The summed E-state index contributed by atoms with van der Waals surface area (Å²) in [5.74, 6) is 0.0594. The van der Waals surface area contributed by atoms with E-state index >= 15 is 0 Å². The van der Waals surface area contributed by atoms with Gasteiger partial charge in [-0.15, -0.1) is 0 Å². The first-order valence-corrected chi connectivity index (χ1v) is 8.61. The third-order valence-corrected chi connectivity index (χ3v) is 4.11. The highest BCUT2D eigenvalue weighted by Gasteiger charge is 2.23. The maximum Gasteiger partial charge on any atom is 0.229 e. The van der Waals surface area contributed by atoms with Crippen LogP contribution in [0.1, 0.15) is 20.8 Å². The fourth-order valence-corrected chi connectivity index (χ4v) is 2.98. The molecule has 0 bridgehead atoms. The molecular weight excluding hydrogens is 403 g/mol. The molecule has 5 nitrogen and oxygen atoms in total. The van der Waals surface area contributed by atoms with Gasteiger partial charge in [0.15, 0.2) is 0 Å². The smallest absolute Gasteiger partial charge is 0.229 e.